The molecule has 2 aromatic rings. The Morgan fingerprint density at radius 2 is 1.82 bits per heavy atom. The number of likely N-dealkylation sites (tertiary alicyclic amines) is 1. The number of carbonyl (C=O) groups excluding carboxylic acids is 3. The Kier molecular flexibility index (Phi) is 7.24. The first kappa shape index (κ1) is 26.7. The van der Waals surface area contributed by atoms with Crippen LogP contribution in [0.2, 0.25) is 5.02 Å². The number of aliphatic hydroxyl groups is 1. The third kappa shape index (κ3) is 4.10. The van der Waals surface area contributed by atoms with Crippen LogP contribution in [0.4, 0.5) is 5.69 Å². The molecule has 3 fully saturated rings. The smallest absolute Gasteiger partial charge is 0.250 e. The lowest BCUT2D eigenvalue weighted by Gasteiger charge is -2.37. The van der Waals surface area contributed by atoms with E-state index in [2.05, 4.69) is 10.6 Å². The van der Waals surface area contributed by atoms with Gasteiger partial charge < -0.3 is 25.4 Å². The van der Waals surface area contributed by atoms with E-state index in [4.69, 9.17) is 16.3 Å². The molecule has 0 aliphatic carbocycles. The summed E-state index contributed by atoms with van der Waals surface area (Å²) < 4.78 is 6.77. The molecule has 2 aromatic carbocycles. The van der Waals surface area contributed by atoms with Crippen molar-refractivity contribution in [3.05, 3.63) is 65.2 Å². The van der Waals surface area contributed by atoms with Gasteiger partial charge in [-0.1, -0.05) is 55.8 Å². The number of rotatable bonds is 9. The zero-order valence-electron chi connectivity index (χ0n) is 21.7. The highest BCUT2D eigenvalue weighted by atomic mass is 35.5. The summed E-state index contributed by atoms with van der Waals surface area (Å²) in [5.41, 5.74) is -0.762. The second-order valence-electron chi connectivity index (χ2n) is 10.5. The number of anilines is 1. The van der Waals surface area contributed by atoms with Crippen molar-refractivity contribution in [2.24, 2.45) is 11.8 Å². The van der Waals surface area contributed by atoms with Gasteiger partial charge in [0.25, 0.3) is 0 Å². The van der Waals surface area contributed by atoms with Crippen molar-refractivity contribution in [3.63, 3.8) is 0 Å². The lowest BCUT2D eigenvalue weighted by molar-refractivity contribution is -0.149. The number of ether oxygens (including phenoxy) is 1. The van der Waals surface area contributed by atoms with Gasteiger partial charge in [-0.2, -0.15) is 0 Å². The SMILES string of the molecule is CCCNC(=O)[C@H]1[C@H]2C(=O)N([C@H](CO)c3ccccc3)C(C(=O)Nc3ccc(Cl)cc3)C23CC[C@]1(CC)O3. The fourth-order valence-corrected chi connectivity index (χ4v) is 6.95. The predicted molar refractivity (Wildman–Crippen MR) is 143 cm³/mol. The molecule has 0 aromatic heterocycles. The number of nitrogens with zero attached hydrogens (tertiary/aromatic N) is 1. The van der Waals surface area contributed by atoms with Crippen molar-refractivity contribution in [3.8, 4) is 0 Å². The minimum absolute atomic E-state index is 0.215. The molecule has 9 heteroatoms. The molecular formula is C29H34ClN3O5. The maximum Gasteiger partial charge on any atom is 0.250 e. The van der Waals surface area contributed by atoms with Gasteiger partial charge in [-0.25, -0.2) is 0 Å². The number of nitrogens with one attached hydrogen (secondary N) is 2. The van der Waals surface area contributed by atoms with E-state index in [0.29, 0.717) is 42.1 Å². The standard InChI is InChI=1S/C29H34ClN3O5/c1-3-16-31-25(35)22-23-27(37)33(21(17-34)18-8-6-5-7-9-18)24(29(23)15-14-28(22,4-2)38-29)26(36)32-20-12-10-19(30)11-13-20/h5-13,21-24,34H,3-4,14-17H2,1-2H3,(H,31,35)(H,32,36)/t21-,22-,23+,24?,28+,29?/m1/s1. The summed E-state index contributed by atoms with van der Waals surface area (Å²) >= 11 is 6.03. The zero-order chi connectivity index (χ0) is 27.1. The van der Waals surface area contributed by atoms with Gasteiger partial charge in [0.2, 0.25) is 17.7 Å². The van der Waals surface area contributed by atoms with E-state index in [1.165, 1.54) is 4.90 Å². The Hall–Kier alpha value is -2.94. The number of benzene rings is 2. The lowest BCUT2D eigenvalue weighted by Crippen LogP contribution is -2.54. The molecule has 3 aliphatic rings. The average molecular weight is 540 g/mol. The van der Waals surface area contributed by atoms with Crippen molar-refractivity contribution in [1.29, 1.82) is 0 Å². The summed E-state index contributed by atoms with van der Waals surface area (Å²) in [6.45, 7) is 4.05. The number of fused-ring (bicyclic) bond motifs is 1. The van der Waals surface area contributed by atoms with E-state index in [-0.39, 0.29) is 18.4 Å². The van der Waals surface area contributed by atoms with Crippen LogP contribution in [-0.4, -0.2) is 58.1 Å². The van der Waals surface area contributed by atoms with Gasteiger partial charge >= 0.3 is 0 Å². The summed E-state index contributed by atoms with van der Waals surface area (Å²) in [7, 11) is 0. The molecule has 38 heavy (non-hydrogen) atoms. The summed E-state index contributed by atoms with van der Waals surface area (Å²) in [4.78, 5) is 43.4. The van der Waals surface area contributed by atoms with E-state index in [1.54, 1.807) is 24.3 Å². The molecule has 6 atom stereocenters. The molecular weight excluding hydrogens is 506 g/mol. The van der Waals surface area contributed by atoms with Gasteiger partial charge in [-0.3, -0.25) is 14.4 Å². The summed E-state index contributed by atoms with van der Waals surface area (Å²) in [6, 6.07) is 14.1. The van der Waals surface area contributed by atoms with Crippen molar-refractivity contribution in [1.82, 2.24) is 10.2 Å². The van der Waals surface area contributed by atoms with Crippen LogP contribution in [-0.2, 0) is 19.1 Å². The molecule has 3 amide bonds. The highest BCUT2D eigenvalue weighted by Crippen LogP contribution is 2.65. The fourth-order valence-electron chi connectivity index (χ4n) is 6.82. The number of carbonyl (C=O) groups is 3. The van der Waals surface area contributed by atoms with E-state index in [0.717, 1.165) is 6.42 Å². The molecule has 3 heterocycles. The number of amides is 3. The molecule has 8 nitrogen and oxygen atoms in total. The second-order valence-corrected chi connectivity index (χ2v) is 10.9. The van der Waals surface area contributed by atoms with Crippen LogP contribution in [0.1, 0.15) is 51.1 Å². The number of halogens is 1. The summed E-state index contributed by atoms with van der Waals surface area (Å²) in [5, 5.41) is 17.0. The molecule has 202 valence electrons. The Bertz CT molecular complexity index is 1210. The van der Waals surface area contributed by atoms with Crippen LogP contribution in [0.5, 0.6) is 0 Å². The molecule has 5 rings (SSSR count). The number of aliphatic hydroxyl groups excluding tert-OH is 1. The Balaban J connectivity index is 1.60. The third-order valence-electron chi connectivity index (χ3n) is 8.50. The van der Waals surface area contributed by atoms with Crippen LogP contribution < -0.4 is 10.6 Å². The molecule has 1 spiro atoms. The second kappa shape index (κ2) is 10.3. The maximum absolute atomic E-state index is 14.4. The van der Waals surface area contributed by atoms with Crippen LogP contribution >= 0.6 is 11.6 Å². The van der Waals surface area contributed by atoms with Crippen molar-refractivity contribution >= 4 is 35.0 Å². The first-order valence-corrected chi connectivity index (χ1v) is 13.7. The van der Waals surface area contributed by atoms with Gasteiger partial charge in [-0.15, -0.1) is 0 Å². The van der Waals surface area contributed by atoms with E-state index in [9.17, 15) is 19.5 Å². The molecule has 0 saturated carbocycles. The summed E-state index contributed by atoms with van der Waals surface area (Å²) in [6.07, 6.45) is 2.36. The number of hydrogen-bond donors (Lipinski definition) is 3. The topological polar surface area (TPSA) is 108 Å². The van der Waals surface area contributed by atoms with Crippen molar-refractivity contribution in [2.75, 3.05) is 18.5 Å². The largest absolute Gasteiger partial charge is 0.394 e. The highest BCUT2D eigenvalue weighted by molar-refractivity contribution is 6.30. The molecule has 2 unspecified atom stereocenters. The predicted octanol–water partition coefficient (Wildman–Crippen LogP) is 3.69. The van der Waals surface area contributed by atoms with Gasteiger partial charge in [0.1, 0.15) is 11.6 Å². The zero-order valence-corrected chi connectivity index (χ0v) is 22.4. The highest BCUT2D eigenvalue weighted by Gasteiger charge is 2.79. The van der Waals surface area contributed by atoms with Crippen LogP contribution in [0.25, 0.3) is 0 Å². The van der Waals surface area contributed by atoms with Gasteiger partial charge in [0, 0.05) is 17.3 Å². The average Bonchev–Trinajstić information content (AvgIpc) is 3.53. The Morgan fingerprint density at radius 3 is 2.45 bits per heavy atom. The minimum Gasteiger partial charge on any atom is -0.394 e. The molecule has 3 saturated heterocycles. The fraction of sp³-hybridized carbons (Fsp3) is 0.483. The Morgan fingerprint density at radius 1 is 1.11 bits per heavy atom. The van der Waals surface area contributed by atoms with Gasteiger partial charge in [0.05, 0.1) is 30.1 Å². The first-order chi connectivity index (χ1) is 18.3. The Labute approximate surface area is 227 Å². The monoisotopic (exact) mass is 539 g/mol. The molecule has 2 bridgehead atoms. The van der Waals surface area contributed by atoms with Gasteiger partial charge in [-0.05, 0) is 55.5 Å². The van der Waals surface area contributed by atoms with Crippen LogP contribution in [0, 0.1) is 11.8 Å². The van der Waals surface area contributed by atoms with E-state index >= 15 is 0 Å². The maximum atomic E-state index is 14.4. The van der Waals surface area contributed by atoms with Crippen molar-refractivity contribution in [2.45, 2.75) is 62.8 Å². The number of hydrogen-bond acceptors (Lipinski definition) is 5. The lowest BCUT2D eigenvalue weighted by atomic mass is 9.65. The van der Waals surface area contributed by atoms with Crippen LogP contribution in [0.15, 0.2) is 54.6 Å². The van der Waals surface area contributed by atoms with Gasteiger partial charge in [0.15, 0.2) is 0 Å². The summed E-state index contributed by atoms with van der Waals surface area (Å²) in [5.74, 6) is -2.51. The quantitative estimate of drug-likeness (QED) is 0.450. The van der Waals surface area contributed by atoms with E-state index in [1.807, 2.05) is 44.2 Å². The molecule has 3 N–H and O–H groups in total. The normalized spacial score (nSPS) is 30.3. The third-order valence-corrected chi connectivity index (χ3v) is 8.76. The van der Waals surface area contributed by atoms with Crippen LogP contribution in [0.3, 0.4) is 0 Å². The van der Waals surface area contributed by atoms with Crippen molar-refractivity contribution < 1.29 is 24.2 Å². The first-order valence-electron chi connectivity index (χ1n) is 13.3. The van der Waals surface area contributed by atoms with E-state index < -0.39 is 41.0 Å². The molecule has 0 radical (unpaired) electrons. The minimum atomic E-state index is -1.18. The molecule has 3 aliphatic heterocycles.